The van der Waals surface area contributed by atoms with Gasteiger partial charge in [0.2, 0.25) is 5.82 Å². The molecule has 1 aliphatic heterocycles. The number of phenolic OH excluding ortho intramolecular Hbond substituents is 1. The summed E-state index contributed by atoms with van der Waals surface area (Å²) in [6, 6.07) is 4.21. The third kappa shape index (κ3) is 2.69. The fourth-order valence-corrected chi connectivity index (χ4v) is 2.96. The van der Waals surface area contributed by atoms with Crippen LogP contribution >= 0.6 is 0 Å². The molecule has 0 bridgehead atoms. The van der Waals surface area contributed by atoms with Gasteiger partial charge in [-0.25, -0.2) is 9.37 Å². The molecule has 0 aliphatic carbocycles. The zero-order valence-corrected chi connectivity index (χ0v) is 13.7. The Labute approximate surface area is 134 Å². The van der Waals surface area contributed by atoms with Crippen molar-refractivity contribution in [1.29, 1.82) is 0 Å². The highest BCUT2D eigenvalue weighted by molar-refractivity contribution is 5.94. The average molecular weight is 317 g/mol. The molecule has 23 heavy (non-hydrogen) atoms. The van der Waals surface area contributed by atoms with Gasteiger partial charge < -0.3 is 14.6 Å². The molecule has 2 heterocycles. The molecular weight excluding hydrogens is 297 g/mol. The van der Waals surface area contributed by atoms with Crippen molar-refractivity contribution in [3.05, 3.63) is 35.5 Å². The number of fused-ring (bicyclic) bond motifs is 1. The number of amides is 1. The van der Waals surface area contributed by atoms with Gasteiger partial charge in [-0.1, -0.05) is 20.8 Å². The second-order valence-corrected chi connectivity index (χ2v) is 7.17. The molecule has 1 aromatic heterocycles. The van der Waals surface area contributed by atoms with Crippen molar-refractivity contribution in [2.45, 2.75) is 34.4 Å². The van der Waals surface area contributed by atoms with E-state index in [-0.39, 0.29) is 11.3 Å². The summed E-state index contributed by atoms with van der Waals surface area (Å²) >= 11 is 0. The van der Waals surface area contributed by atoms with E-state index in [1.807, 2.05) is 4.57 Å². The summed E-state index contributed by atoms with van der Waals surface area (Å²) < 4.78 is 15.5. The van der Waals surface area contributed by atoms with E-state index >= 15 is 0 Å². The number of halogens is 1. The van der Waals surface area contributed by atoms with E-state index in [9.17, 15) is 14.3 Å². The van der Waals surface area contributed by atoms with Crippen molar-refractivity contribution < 1.29 is 14.3 Å². The van der Waals surface area contributed by atoms with E-state index in [1.54, 1.807) is 17.9 Å². The van der Waals surface area contributed by atoms with Crippen LogP contribution in [-0.2, 0) is 6.67 Å². The van der Waals surface area contributed by atoms with Gasteiger partial charge in [-0.05, 0) is 30.5 Å². The Balaban J connectivity index is 2.02. The highest BCUT2D eigenvalue weighted by Crippen LogP contribution is 2.32. The van der Waals surface area contributed by atoms with Gasteiger partial charge in [-0.15, -0.1) is 0 Å². The highest BCUT2D eigenvalue weighted by atomic mass is 19.1. The van der Waals surface area contributed by atoms with Crippen LogP contribution in [0, 0.1) is 18.2 Å². The minimum atomic E-state index is -0.687. The molecule has 1 aromatic carbocycles. The monoisotopic (exact) mass is 317 g/mol. The number of carbonyl (C=O) groups is 1. The molecule has 2 aromatic rings. The van der Waals surface area contributed by atoms with E-state index in [0.717, 1.165) is 0 Å². The standard InChI is InChI=1S/C17H20FN3O2/c1-10-14(11-5-6-13(22)12(18)7-11)21-9-20(8-17(2,3)4)16(23)15(21)19-10/h5-7,22H,8-9H2,1-4H3. The summed E-state index contributed by atoms with van der Waals surface area (Å²) in [6.45, 7) is 9.04. The van der Waals surface area contributed by atoms with Gasteiger partial charge in [0.25, 0.3) is 5.91 Å². The molecule has 5 nitrogen and oxygen atoms in total. The smallest absolute Gasteiger partial charge is 0.291 e. The largest absolute Gasteiger partial charge is 0.505 e. The molecular formula is C17H20FN3O2. The Hall–Kier alpha value is -2.37. The first-order chi connectivity index (χ1) is 10.7. The van der Waals surface area contributed by atoms with E-state index in [1.165, 1.54) is 12.1 Å². The molecule has 1 N–H and O–H groups in total. The quantitative estimate of drug-likeness (QED) is 0.925. The third-order valence-corrected chi connectivity index (χ3v) is 3.82. The topological polar surface area (TPSA) is 58.4 Å². The number of imidazole rings is 1. The molecule has 0 saturated heterocycles. The molecule has 0 unspecified atom stereocenters. The third-order valence-electron chi connectivity index (χ3n) is 3.82. The SMILES string of the molecule is Cc1nc2n(c1-c1ccc(O)c(F)c1)CN(CC(C)(C)C)C2=O. The van der Waals surface area contributed by atoms with Gasteiger partial charge >= 0.3 is 0 Å². The number of hydrogen-bond acceptors (Lipinski definition) is 3. The maximum absolute atomic E-state index is 13.7. The number of benzene rings is 1. The van der Waals surface area contributed by atoms with E-state index in [4.69, 9.17) is 0 Å². The summed E-state index contributed by atoms with van der Waals surface area (Å²) in [5.41, 5.74) is 1.97. The predicted molar refractivity (Wildman–Crippen MR) is 84.5 cm³/mol. The van der Waals surface area contributed by atoms with Gasteiger partial charge in [0.05, 0.1) is 18.1 Å². The normalized spacial score (nSPS) is 14.5. The summed E-state index contributed by atoms with van der Waals surface area (Å²) in [5, 5.41) is 9.36. The molecule has 1 amide bonds. The van der Waals surface area contributed by atoms with Gasteiger partial charge in [0.15, 0.2) is 11.6 Å². The van der Waals surface area contributed by atoms with Crippen molar-refractivity contribution in [2.24, 2.45) is 5.41 Å². The van der Waals surface area contributed by atoms with Crippen LogP contribution in [0.25, 0.3) is 11.3 Å². The first-order valence-corrected chi connectivity index (χ1v) is 7.53. The van der Waals surface area contributed by atoms with Gasteiger partial charge in [0, 0.05) is 12.1 Å². The number of aromatic hydroxyl groups is 1. The first kappa shape index (κ1) is 15.5. The molecule has 1 aliphatic rings. The van der Waals surface area contributed by atoms with E-state index in [0.29, 0.717) is 36.0 Å². The number of phenols is 1. The lowest BCUT2D eigenvalue weighted by Gasteiger charge is -2.25. The van der Waals surface area contributed by atoms with Crippen molar-refractivity contribution >= 4 is 5.91 Å². The van der Waals surface area contributed by atoms with Crippen LogP contribution in [0.1, 0.15) is 37.1 Å². The van der Waals surface area contributed by atoms with Crippen molar-refractivity contribution in [3.8, 4) is 17.0 Å². The summed E-state index contributed by atoms with van der Waals surface area (Å²) in [7, 11) is 0. The predicted octanol–water partition coefficient (Wildman–Crippen LogP) is 3.16. The van der Waals surface area contributed by atoms with Crippen LogP contribution in [0.5, 0.6) is 5.75 Å². The lowest BCUT2D eigenvalue weighted by atomic mass is 9.96. The Morgan fingerprint density at radius 3 is 2.65 bits per heavy atom. The van der Waals surface area contributed by atoms with Crippen LogP contribution < -0.4 is 0 Å². The maximum atomic E-state index is 13.7. The molecule has 0 saturated carbocycles. The first-order valence-electron chi connectivity index (χ1n) is 7.53. The van der Waals surface area contributed by atoms with Gasteiger partial charge in [0.1, 0.15) is 0 Å². The highest BCUT2D eigenvalue weighted by Gasteiger charge is 2.34. The number of aromatic nitrogens is 2. The minimum Gasteiger partial charge on any atom is -0.505 e. The van der Waals surface area contributed by atoms with Gasteiger partial charge in [-0.2, -0.15) is 0 Å². The molecule has 6 heteroatoms. The van der Waals surface area contributed by atoms with Crippen LogP contribution in [0.15, 0.2) is 18.2 Å². The fraction of sp³-hybridized carbons (Fsp3) is 0.412. The van der Waals surface area contributed by atoms with Crippen molar-refractivity contribution in [2.75, 3.05) is 6.54 Å². The second kappa shape index (κ2) is 5.08. The van der Waals surface area contributed by atoms with E-state index in [2.05, 4.69) is 25.8 Å². The van der Waals surface area contributed by atoms with Crippen LogP contribution in [-0.4, -0.2) is 32.0 Å². The summed E-state index contributed by atoms with van der Waals surface area (Å²) in [4.78, 5) is 18.6. The molecule has 0 fully saturated rings. The van der Waals surface area contributed by atoms with Crippen molar-refractivity contribution in [1.82, 2.24) is 14.5 Å². The summed E-state index contributed by atoms with van der Waals surface area (Å²) in [6.07, 6.45) is 0. The lowest BCUT2D eigenvalue weighted by molar-refractivity contribution is 0.0703. The van der Waals surface area contributed by atoms with Crippen LogP contribution in [0.3, 0.4) is 0 Å². The molecule has 0 atom stereocenters. The van der Waals surface area contributed by atoms with Gasteiger partial charge in [-0.3, -0.25) is 4.79 Å². The van der Waals surface area contributed by atoms with Crippen LogP contribution in [0.4, 0.5) is 4.39 Å². The molecule has 0 spiro atoms. The number of aryl methyl sites for hydroxylation is 1. The number of hydrogen-bond donors (Lipinski definition) is 1. The second-order valence-electron chi connectivity index (χ2n) is 7.17. The molecule has 3 rings (SSSR count). The zero-order valence-electron chi connectivity index (χ0n) is 13.7. The van der Waals surface area contributed by atoms with Crippen molar-refractivity contribution in [3.63, 3.8) is 0 Å². The van der Waals surface area contributed by atoms with E-state index < -0.39 is 11.6 Å². The Bertz CT molecular complexity index is 790. The maximum Gasteiger partial charge on any atom is 0.291 e. The number of carbonyl (C=O) groups excluding carboxylic acids is 1. The number of nitrogens with zero attached hydrogens (tertiary/aromatic N) is 3. The Morgan fingerprint density at radius 1 is 1.35 bits per heavy atom. The Kier molecular flexibility index (Phi) is 3.43. The number of rotatable bonds is 2. The molecule has 0 radical (unpaired) electrons. The lowest BCUT2D eigenvalue weighted by Crippen LogP contribution is -2.33. The zero-order chi connectivity index (χ0) is 16.9. The fourth-order valence-electron chi connectivity index (χ4n) is 2.96. The summed E-state index contributed by atoms with van der Waals surface area (Å²) in [5.74, 6) is -0.796. The minimum absolute atomic E-state index is 0.0143. The molecule has 122 valence electrons. The van der Waals surface area contributed by atoms with Crippen LogP contribution in [0.2, 0.25) is 0 Å². The Morgan fingerprint density at radius 2 is 2.04 bits per heavy atom. The average Bonchev–Trinajstić information content (AvgIpc) is 2.89.